The Hall–Kier alpha value is -3.47. The lowest BCUT2D eigenvalue weighted by atomic mass is 10.1. The average molecular weight is 342 g/mol. The van der Waals surface area contributed by atoms with E-state index in [4.69, 9.17) is 0 Å². The van der Waals surface area contributed by atoms with E-state index in [-0.39, 0.29) is 5.91 Å². The van der Waals surface area contributed by atoms with Crippen LogP contribution in [0.5, 0.6) is 0 Å². The largest absolute Gasteiger partial charge is 0.322 e. The number of nitrogens with zero attached hydrogens (tertiary/aromatic N) is 3. The summed E-state index contributed by atoms with van der Waals surface area (Å²) in [6.07, 6.45) is 0. The van der Waals surface area contributed by atoms with Crippen molar-refractivity contribution in [2.24, 2.45) is 0 Å². The third-order valence-electron chi connectivity index (χ3n) is 4.28. The second-order valence-corrected chi connectivity index (χ2v) is 6.30. The Bertz CT molecular complexity index is 1080. The zero-order chi connectivity index (χ0) is 18.1. The number of carbonyl (C=O) groups is 1. The summed E-state index contributed by atoms with van der Waals surface area (Å²) >= 11 is 0. The van der Waals surface area contributed by atoms with E-state index in [2.05, 4.69) is 15.5 Å². The van der Waals surface area contributed by atoms with Gasteiger partial charge in [0.2, 0.25) is 0 Å². The van der Waals surface area contributed by atoms with Crippen LogP contribution in [0.25, 0.3) is 16.7 Å². The first-order chi connectivity index (χ1) is 12.6. The van der Waals surface area contributed by atoms with E-state index in [0.29, 0.717) is 5.56 Å². The number of anilines is 1. The highest BCUT2D eigenvalue weighted by Crippen LogP contribution is 2.23. The summed E-state index contributed by atoms with van der Waals surface area (Å²) in [4.78, 5) is 14.0. The highest BCUT2D eigenvalue weighted by atomic mass is 16.1. The van der Waals surface area contributed by atoms with Gasteiger partial charge in [0.05, 0.1) is 5.69 Å². The Balaban J connectivity index is 1.67. The summed E-state index contributed by atoms with van der Waals surface area (Å²) in [6, 6.07) is 21.0. The molecule has 1 heterocycles. The molecular formula is C21H18N4O. The molecule has 1 aromatic heterocycles. The van der Waals surface area contributed by atoms with Gasteiger partial charge < -0.3 is 5.32 Å². The molecule has 0 bridgehead atoms. The van der Waals surface area contributed by atoms with Crippen molar-refractivity contribution in [3.8, 4) is 5.69 Å². The lowest BCUT2D eigenvalue weighted by Gasteiger charge is -2.08. The van der Waals surface area contributed by atoms with Crippen molar-refractivity contribution in [1.82, 2.24) is 15.0 Å². The molecule has 0 spiro atoms. The summed E-state index contributed by atoms with van der Waals surface area (Å²) < 4.78 is 0. The first-order valence-electron chi connectivity index (χ1n) is 8.41. The average Bonchev–Trinajstić information content (AvgIpc) is 3.06. The Labute approximate surface area is 151 Å². The van der Waals surface area contributed by atoms with E-state index in [1.807, 2.05) is 68.4 Å². The lowest BCUT2D eigenvalue weighted by molar-refractivity contribution is 0.102. The van der Waals surface area contributed by atoms with Crippen LogP contribution in [0.1, 0.15) is 21.5 Å². The van der Waals surface area contributed by atoms with Crippen LogP contribution < -0.4 is 5.32 Å². The Kier molecular flexibility index (Phi) is 3.97. The van der Waals surface area contributed by atoms with Crippen molar-refractivity contribution in [1.29, 1.82) is 0 Å². The number of aryl methyl sites for hydroxylation is 2. The van der Waals surface area contributed by atoms with Crippen LogP contribution in [0.15, 0.2) is 66.7 Å². The minimum atomic E-state index is -0.140. The molecular weight excluding hydrogens is 324 g/mol. The molecule has 3 aromatic carbocycles. The zero-order valence-corrected chi connectivity index (χ0v) is 14.6. The van der Waals surface area contributed by atoms with Gasteiger partial charge in [0.25, 0.3) is 5.91 Å². The fourth-order valence-electron chi connectivity index (χ4n) is 2.78. The molecule has 0 fully saturated rings. The molecule has 0 aliphatic rings. The van der Waals surface area contributed by atoms with Crippen molar-refractivity contribution >= 4 is 22.6 Å². The van der Waals surface area contributed by atoms with Crippen LogP contribution in [-0.2, 0) is 0 Å². The standard InChI is InChI=1S/C21H18N4O/c1-14-8-10-17(11-9-14)25-23-19-12-15(2)18(13-20(19)24-25)22-21(26)16-6-4-3-5-7-16/h3-13H,1-2H3,(H,22,26). The van der Waals surface area contributed by atoms with Crippen LogP contribution in [0, 0.1) is 13.8 Å². The molecule has 1 N–H and O–H groups in total. The van der Waals surface area contributed by atoms with Crippen LogP contribution in [0.3, 0.4) is 0 Å². The van der Waals surface area contributed by atoms with Crippen LogP contribution >= 0.6 is 0 Å². The zero-order valence-electron chi connectivity index (χ0n) is 14.6. The maximum absolute atomic E-state index is 12.4. The van der Waals surface area contributed by atoms with Gasteiger partial charge in [0.15, 0.2) is 0 Å². The normalized spacial score (nSPS) is 10.8. The first kappa shape index (κ1) is 16.0. The monoisotopic (exact) mass is 342 g/mol. The molecule has 0 aliphatic heterocycles. The summed E-state index contributed by atoms with van der Waals surface area (Å²) in [5.41, 5.74) is 5.92. The minimum absolute atomic E-state index is 0.140. The number of nitrogens with one attached hydrogen (secondary N) is 1. The number of hydrogen-bond acceptors (Lipinski definition) is 3. The van der Waals surface area contributed by atoms with Gasteiger partial charge in [-0.2, -0.15) is 4.80 Å². The number of fused-ring (bicyclic) bond motifs is 1. The molecule has 5 heteroatoms. The molecule has 0 saturated heterocycles. The second kappa shape index (κ2) is 6.44. The summed E-state index contributed by atoms with van der Waals surface area (Å²) in [5, 5.41) is 12.1. The van der Waals surface area contributed by atoms with Gasteiger partial charge >= 0.3 is 0 Å². The lowest BCUT2D eigenvalue weighted by Crippen LogP contribution is -2.12. The molecule has 0 radical (unpaired) electrons. The molecule has 0 aliphatic carbocycles. The Morgan fingerprint density at radius 1 is 0.885 bits per heavy atom. The van der Waals surface area contributed by atoms with Crippen molar-refractivity contribution in [2.75, 3.05) is 5.32 Å². The molecule has 4 rings (SSSR count). The fourth-order valence-corrected chi connectivity index (χ4v) is 2.78. The number of benzene rings is 3. The maximum atomic E-state index is 12.4. The third kappa shape index (κ3) is 3.07. The molecule has 0 unspecified atom stereocenters. The first-order valence-corrected chi connectivity index (χ1v) is 8.41. The molecule has 4 aromatic rings. The quantitative estimate of drug-likeness (QED) is 0.604. The topological polar surface area (TPSA) is 59.8 Å². The highest BCUT2D eigenvalue weighted by Gasteiger charge is 2.11. The van der Waals surface area contributed by atoms with Gasteiger partial charge in [0.1, 0.15) is 11.0 Å². The van der Waals surface area contributed by atoms with Crippen LogP contribution in [0.4, 0.5) is 5.69 Å². The number of amides is 1. The smallest absolute Gasteiger partial charge is 0.255 e. The van der Waals surface area contributed by atoms with E-state index in [1.165, 1.54) is 5.56 Å². The van der Waals surface area contributed by atoms with Gasteiger partial charge in [-0.05, 0) is 55.8 Å². The molecule has 1 amide bonds. The number of aromatic nitrogens is 3. The Morgan fingerprint density at radius 3 is 2.23 bits per heavy atom. The predicted octanol–water partition coefficient (Wildman–Crippen LogP) is 4.29. The van der Waals surface area contributed by atoms with Crippen molar-refractivity contribution in [3.63, 3.8) is 0 Å². The van der Waals surface area contributed by atoms with Gasteiger partial charge in [0, 0.05) is 11.3 Å². The molecule has 0 saturated carbocycles. The number of carbonyl (C=O) groups excluding carboxylic acids is 1. The van der Waals surface area contributed by atoms with Crippen molar-refractivity contribution in [3.05, 3.63) is 83.4 Å². The third-order valence-corrected chi connectivity index (χ3v) is 4.28. The molecule has 5 nitrogen and oxygen atoms in total. The van der Waals surface area contributed by atoms with Gasteiger partial charge in [-0.1, -0.05) is 35.9 Å². The van der Waals surface area contributed by atoms with Gasteiger partial charge in [-0.3, -0.25) is 4.79 Å². The van der Waals surface area contributed by atoms with Crippen LogP contribution in [-0.4, -0.2) is 20.9 Å². The maximum Gasteiger partial charge on any atom is 0.255 e. The molecule has 0 atom stereocenters. The van der Waals surface area contributed by atoms with Crippen LogP contribution in [0.2, 0.25) is 0 Å². The van der Waals surface area contributed by atoms with E-state index in [0.717, 1.165) is 28.0 Å². The number of hydrogen-bond donors (Lipinski definition) is 1. The molecule has 128 valence electrons. The highest BCUT2D eigenvalue weighted by molar-refractivity contribution is 6.05. The van der Waals surface area contributed by atoms with E-state index < -0.39 is 0 Å². The molecule has 26 heavy (non-hydrogen) atoms. The fraction of sp³-hybridized carbons (Fsp3) is 0.0952. The van der Waals surface area contributed by atoms with E-state index in [9.17, 15) is 4.79 Å². The summed E-state index contributed by atoms with van der Waals surface area (Å²) in [5.74, 6) is -0.140. The Morgan fingerprint density at radius 2 is 1.54 bits per heavy atom. The second-order valence-electron chi connectivity index (χ2n) is 6.30. The van der Waals surface area contributed by atoms with E-state index in [1.54, 1.807) is 16.9 Å². The summed E-state index contributed by atoms with van der Waals surface area (Å²) in [7, 11) is 0. The minimum Gasteiger partial charge on any atom is -0.322 e. The van der Waals surface area contributed by atoms with Gasteiger partial charge in [-0.25, -0.2) is 0 Å². The van der Waals surface area contributed by atoms with Gasteiger partial charge in [-0.15, -0.1) is 10.2 Å². The van der Waals surface area contributed by atoms with E-state index >= 15 is 0 Å². The number of rotatable bonds is 3. The predicted molar refractivity (Wildman–Crippen MR) is 103 cm³/mol. The van der Waals surface area contributed by atoms with Crippen molar-refractivity contribution < 1.29 is 4.79 Å². The van der Waals surface area contributed by atoms with Crippen molar-refractivity contribution in [2.45, 2.75) is 13.8 Å². The SMILES string of the molecule is Cc1ccc(-n2nc3cc(C)c(NC(=O)c4ccccc4)cc3n2)cc1. The summed E-state index contributed by atoms with van der Waals surface area (Å²) in [6.45, 7) is 3.99.